The van der Waals surface area contributed by atoms with Gasteiger partial charge in [0.25, 0.3) is 0 Å². The maximum absolute atomic E-state index is 13.9. The molecule has 1 unspecified atom stereocenters. The quantitative estimate of drug-likeness (QED) is 0.823. The van der Waals surface area contributed by atoms with Gasteiger partial charge in [-0.1, -0.05) is 6.07 Å². The fourth-order valence-corrected chi connectivity index (χ4v) is 6.05. The molecule has 0 saturated carbocycles. The maximum Gasteiger partial charge on any atom is 0.152 e. The van der Waals surface area contributed by atoms with Crippen LogP contribution in [-0.4, -0.2) is 47.1 Å². The smallest absolute Gasteiger partial charge is 0.152 e. The average molecular weight is 361 g/mol. The maximum atomic E-state index is 13.9. The summed E-state index contributed by atoms with van der Waals surface area (Å²) in [4.78, 5) is 10.5. The van der Waals surface area contributed by atoms with Gasteiger partial charge in [-0.25, -0.2) is 13.8 Å². The first-order chi connectivity index (χ1) is 11.9. The van der Waals surface area contributed by atoms with Gasteiger partial charge < -0.3 is 9.80 Å². The molecule has 1 aromatic carbocycles. The lowest BCUT2D eigenvalue weighted by Gasteiger charge is -2.37. The van der Waals surface area contributed by atoms with Gasteiger partial charge in [0.2, 0.25) is 0 Å². The van der Waals surface area contributed by atoms with Crippen molar-refractivity contribution in [1.82, 2.24) is 14.8 Å². The molecule has 1 atom stereocenters. The second kappa shape index (κ2) is 6.02. The van der Waals surface area contributed by atoms with E-state index in [4.69, 9.17) is 0 Å². The number of rotatable bonds is 3. The Morgan fingerprint density at radius 3 is 2.92 bits per heavy atom. The number of benzene rings is 1. The predicted octanol–water partition coefficient (Wildman–Crippen LogP) is 4.02. The molecule has 1 aromatic heterocycles. The molecule has 2 aliphatic rings. The van der Waals surface area contributed by atoms with E-state index in [9.17, 15) is 8.78 Å². The summed E-state index contributed by atoms with van der Waals surface area (Å²) in [6.07, 6.45) is 7.56. The highest BCUT2D eigenvalue weighted by molar-refractivity contribution is 8.38. The summed E-state index contributed by atoms with van der Waals surface area (Å²) < 4.78 is 27.2. The monoisotopic (exact) mass is 361 g/mol. The van der Waals surface area contributed by atoms with Gasteiger partial charge in [0.1, 0.15) is 11.3 Å². The first-order valence-electron chi connectivity index (χ1n) is 8.27. The first-order valence-corrected chi connectivity index (χ1v) is 10.5. The van der Waals surface area contributed by atoms with Gasteiger partial charge in [-0.3, -0.25) is 0 Å². The minimum absolute atomic E-state index is 0.245. The van der Waals surface area contributed by atoms with Crippen LogP contribution in [0.3, 0.4) is 0 Å². The third kappa shape index (κ3) is 3.11. The van der Waals surface area contributed by atoms with Crippen molar-refractivity contribution in [1.29, 1.82) is 0 Å². The van der Waals surface area contributed by atoms with Crippen molar-refractivity contribution in [3.63, 3.8) is 0 Å². The van der Waals surface area contributed by atoms with Crippen LogP contribution in [-0.2, 0) is 6.42 Å². The standard InChI is InChI=1S/C19H21F2N3S/c1-23-7-8-25(2)13-24(12-17(25)11-23)6-5-16-4-3-14-9-15(20)10-18(21)19(14)22-16/h3-4,7-10,12H,5-6,11,13H2,1-2H3. The Hall–Kier alpha value is -2.08. The molecule has 0 aliphatic carbocycles. The highest BCUT2D eigenvalue weighted by Crippen LogP contribution is 2.59. The number of halogens is 2. The topological polar surface area (TPSA) is 19.4 Å². The summed E-state index contributed by atoms with van der Waals surface area (Å²) in [7, 11) is 1.26. The number of aromatic nitrogens is 1. The van der Waals surface area contributed by atoms with Crippen molar-refractivity contribution in [2.45, 2.75) is 6.42 Å². The Morgan fingerprint density at radius 1 is 1.24 bits per heavy atom. The Bertz CT molecular complexity index is 896. The van der Waals surface area contributed by atoms with Crippen LogP contribution in [0.4, 0.5) is 8.78 Å². The van der Waals surface area contributed by atoms with E-state index in [2.05, 4.69) is 45.9 Å². The van der Waals surface area contributed by atoms with Gasteiger partial charge in [-0.2, -0.15) is 10.0 Å². The summed E-state index contributed by atoms with van der Waals surface area (Å²) in [6.45, 7) is 1.84. The third-order valence-electron chi connectivity index (χ3n) is 4.80. The van der Waals surface area contributed by atoms with Crippen LogP contribution in [0.25, 0.3) is 10.9 Å². The van der Waals surface area contributed by atoms with Crippen molar-refractivity contribution in [3.8, 4) is 0 Å². The van der Waals surface area contributed by atoms with Crippen molar-refractivity contribution < 1.29 is 8.78 Å². The minimum atomic E-state index is -0.836. The molecule has 25 heavy (non-hydrogen) atoms. The number of likely N-dealkylation sites (N-methyl/N-ethyl adjacent to an activating group) is 1. The zero-order chi connectivity index (χ0) is 17.6. The van der Waals surface area contributed by atoms with Crippen LogP contribution in [0, 0.1) is 11.6 Å². The van der Waals surface area contributed by atoms with E-state index in [-0.39, 0.29) is 5.52 Å². The van der Waals surface area contributed by atoms with Crippen molar-refractivity contribution in [2.24, 2.45) is 0 Å². The van der Waals surface area contributed by atoms with E-state index in [0.29, 0.717) is 5.39 Å². The Morgan fingerprint density at radius 2 is 2.08 bits per heavy atom. The summed E-state index contributed by atoms with van der Waals surface area (Å²) in [6, 6.07) is 5.82. The number of pyridine rings is 1. The summed E-state index contributed by atoms with van der Waals surface area (Å²) in [5.41, 5.74) is 1.08. The van der Waals surface area contributed by atoms with Crippen LogP contribution in [0.5, 0.6) is 0 Å². The van der Waals surface area contributed by atoms with Crippen LogP contribution >= 0.6 is 10.0 Å². The van der Waals surface area contributed by atoms with Crippen molar-refractivity contribution >= 4 is 20.9 Å². The van der Waals surface area contributed by atoms with E-state index in [1.807, 2.05) is 6.07 Å². The molecule has 6 heteroatoms. The second-order valence-corrected chi connectivity index (χ2v) is 10.3. The molecular weight excluding hydrogens is 340 g/mol. The van der Waals surface area contributed by atoms with E-state index in [1.165, 1.54) is 11.0 Å². The molecule has 4 rings (SSSR count). The molecule has 0 spiro atoms. The molecule has 0 amide bonds. The molecule has 0 saturated heterocycles. The molecule has 0 N–H and O–H groups in total. The van der Waals surface area contributed by atoms with Gasteiger partial charge in [0.15, 0.2) is 5.82 Å². The number of fused-ring (bicyclic) bond motifs is 2. The fraction of sp³-hybridized carbons (Fsp3) is 0.316. The summed E-state index contributed by atoms with van der Waals surface area (Å²) in [5, 5.41) is 2.85. The average Bonchev–Trinajstić information content (AvgIpc) is 2.89. The van der Waals surface area contributed by atoms with Crippen LogP contribution in [0.15, 0.2) is 47.0 Å². The second-order valence-electron chi connectivity index (χ2n) is 6.91. The molecule has 2 aliphatic heterocycles. The van der Waals surface area contributed by atoms with Crippen LogP contribution < -0.4 is 0 Å². The van der Waals surface area contributed by atoms with Gasteiger partial charge in [0, 0.05) is 61.0 Å². The van der Waals surface area contributed by atoms with Gasteiger partial charge in [-0.05, 0) is 23.8 Å². The van der Waals surface area contributed by atoms with Crippen LogP contribution in [0.2, 0.25) is 0 Å². The minimum Gasteiger partial charge on any atom is -0.375 e. The highest BCUT2D eigenvalue weighted by Gasteiger charge is 2.32. The van der Waals surface area contributed by atoms with Crippen molar-refractivity contribution in [2.75, 3.05) is 32.3 Å². The Balaban J connectivity index is 1.49. The zero-order valence-corrected chi connectivity index (χ0v) is 15.2. The SMILES string of the molecule is CN1C=CS2(C)CN(CCc3ccc4cc(F)cc(F)c4n3)C=C2C1. The van der Waals surface area contributed by atoms with E-state index in [0.717, 1.165) is 37.1 Å². The molecule has 0 fully saturated rings. The van der Waals surface area contributed by atoms with Gasteiger partial charge in [0.05, 0.1) is 5.88 Å². The molecular formula is C19H21F2N3S. The molecule has 3 heterocycles. The fourth-order valence-electron chi connectivity index (χ4n) is 3.37. The highest BCUT2D eigenvalue weighted by atomic mass is 32.3. The van der Waals surface area contributed by atoms with Crippen LogP contribution in [0.1, 0.15) is 5.69 Å². The summed E-state index contributed by atoms with van der Waals surface area (Å²) >= 11 is 0. The Kier molecular flexibility index (Phi) is 3.95. The molecule has 2 aromatic rings. The summed E-state index contributed by atoms with van der Waals surface area (Å²) in [5.74, 6) is -0.129. The molecule has 0 radical (unpaired) electrons. The lowest BCUT2D eigenvalue weighted by molar-refractivity contribution is 0.443. The first kappa shape index (κ1) is 16.4. The number of hydrogen-bond acceptors (Lipinski definition) is 3. The third-order valence-corrected chi connectivity index (χ3v) is 7.83. The molecule has 3 nitrogen and oxygen atoms in total. The van der Waals surface area contributed by atoms with E-state index < -0.39 is 21.7 Å². The van der Waals surface area contributed by atoms with Gasteiger partial charge in [-0.15, -0.1) is 0 Å². The Labute approximate surface area is 148 Å². The lowest BCUT2D eigenvalue weighted by atomic mass is 10.1. The van der Waals surface area contributed by atoms with Gasteiger partial charge >= 0.3 is 0 Å². The van der Waals surface area contributed by atoms with E-state index >= 15 is 0 Å². The zero-order valence-electron chi connectivity index (χ0n) is 14.4. The normalized spacial score (nSPS) is 25.0. The predicted molar refractivity (Wildman–Crippen MR) is 100 cm³/mol. The molecule has 132 valence electrons. The van der Waals surface area contributed by atoms with Crippen molar-refractivity contribution in [3.05, 3.63) is 64.3 Å². The number of nitrogens with zero attached hydrogens (tertiary/aromatic N) is 3. The van der Waals surface area contributed by atoms with E-state index in [1.54, 1.807) is 6.07 Å². The lowest BCUT2D eigenvalue weighted by Crippen LogP contribution is -2.22. The molecule has 0 bridgehead atoms. The number of hydrogen-bond donors (Lipinski definition) is 0. The largest absolute Gasteiger partial charge is 0.375 e.